The summed E-state index contributed by atoms with van der Waals surface area (Å²) in [6, 6.07) is 4.87. The van der Waals surface area contributed by atoms with E-state index in [4.69, 9.17) is 4.74 Å². The Morgan fingerprint density at radius 3 is 2.60 bits per heavy atom. The quantitative estimate of drug-likeness (QED) is 0.645. The molecule has 8 nitrogen and oxygen atoms in total. The minimum absolute atomic E-state index is 0.0110. The van der Waals surface area contributed by atoms with Gasteiger partial charge in [-0.3, -0.25) is 19.7 Å². The van der Waals surface area contributed by atoms with Crippen LogP contribution < -0.4 is 0 Å². The first kappa shape index (κ1) is 17.1. The number of hydrogen-bond donors (Lipinski definition) is 1. The van der Waals surface area contributed by atoms with Crippen LogP contribution in [0.3, 0.4) is 0 Å². The Morgan fingerprint density at radius 1 is 1.40 bits per heavy atom. The molecule has 2 atom stereocenters. The van der Waals surface area contributed by atoms with Crippen molar-refractivity contribution in [1.82, 2.24) is 4.90 Å². The summed E-state index contributed by atoms with van der Waals surface area (Å²) >= 11 is 0. The van der Waals surface area contributed by atoms with Crippen molar-refractivity contribution >= 4 is 17.4 Å². The van der Waals surface area contributed by atoms with Gasteiger partial charge in [0.05, 0.1) is 22.6 Å². The second kappa shape index (κ2) is 6.64. The molecule has 0 bridgehead atoms. The molecule has 0 radical (unpaired) electrons. The van der Waals surface area contributed by atoms with E-state index in [1.165, 1.54) is 36.1 Å². The summed E-state index contributed by atoms with van der Waals surface area (Å²) in [5.41, 5.74) is 0.458. The molecule has 0 unspecified atom stereocenters. The zero-order valence-corrected chi connectivity index (χ0v) is 13.7. The molecule has 0 spiro atoms. The lowest BCUT2D eigenvalue weighted by Crippen LogP contribution is -2.37. The van der Waals surface area contributed by atoms with Crippen LogP contribution in [0.5, 0.6) is 0 Å². The molecule has 132 valence electrons. The summed E-state index contributed by atoms with van der Waals surface area (Å²) in [7, 11) is 0. The number of aliphatic hydroxyl groups is 1. The van der Waals surface area contributed by atoms with Gasteiger partial charge in [-0.05, 0) is 37.5 Å². The maximum absolute atomic E-state index is 12.5. The van der Waals surface area contributed by atoms with Crippen LogP contribution in [0.15, 0.2) is 35.6 Å². The number of nitro benzene ring substituents is 1. The number of ether oxygens (including phenoxy) is 1. The van der Waals surface area contributed by atoms with Gasteiger partial charge in [-0.1, -0.05) is 0 Å². The van der Waals surface area contributed by atoms with E-state index in [1.807, 2.05) is 0 Å². The van der Waals surface area contributed by atoms with Gasteiger partial charge in [-0.15, -0.1) is 0 Å². The van der Waals surface area contributed by atoms with Crippen molar-refractivity contribution in [2.45, 2.75) is 31.9 Å². The Labute approximate surface area is 143 Å². The number of nitro groups is 1. The molecule has 1 N–H and O–H groups in total. The van der Waals surface area contributed by atoms with Crippen LogP contribution in [0.1, 0.15) is 31.4 Å². The first-order chi connectivity index (χ1) is 11.9. The zero-order valence-electron chi connectivity index (χ0n) is 13.7. The summed E-state index contributed by atoms with van der Waals surface area (Å²) in [4.78, 5) is 36.2. The third-order valence-corrected chi connectivity index (χ3v) is 4.53. The van der Waals surface area contributed by atoms with Gasteiger partial charge in [0.25, 0.3) is 11.6 Å². The third-order valence-electron chi connectivity index (χ3n) is 4.53. The summed E-state index contributed by atoms with van der Waals surface area (Å²) < 4.78 is 5.56. The molecule has 2 aliphatic heterocycles. The van der Waals surface area contributed by atoms with E-state index in [9.17, 15) is 24.8 Å². The monoisotopic (exact) mass is 346 g/mol. The number of amides is 1. The van der Waals surface area contributed by atoms with Crippen molar-refractivity contribution in [3.05, 3.63) is 51.3 Å². The molecule has 2 heterocycles. The summed E-state index contributed by atoms with van der Waals surface area (Å²) in [6.45, 7) is 2.15. The standard InChI is InChI=1S/C17H18N2O6/c1-10(20)14-15(11-4-6-12(7-5-11)19(23)24)18(17(22)16(14)21)9-13-3-2-8-25-13/h4-7,13,15,21H,2-3,8-9H2,1H3/t13-,15+/m1/s1. The van der Waals surface area contributed by atoms with E-state index < -0.39 is 28.4 Å². The highest BCUT2D eigenvalue weighted by Crippen LogP contribution is 2.38. The Bertz CT molecular complexity index is 749. The maximum Gasteiger partial charge on any atom is 0.290 e. The lowest BCUT2D eigenvalue weighted by Gasteiger charge is -2.28. The molecule has 1 fully saturated rings. The van der Waals surface area contributed by atoms with E-state index in [0.29, 0.717) is 12.2 Å². The second-order valence-corrected chi connectivity index (χ2v) is 6.16. The van der Waals surface area contributed by atoms with Crippen LogP contribution in [0, 0.1) is 10.1 Å². The number of rotatable bonds is 5. The largest absolute Gasteiger partial charge is 0.503 e. The van der Waals surface area contributed by atoms with Crippen molar-refractivity contribution in [3.8, 4) is 0 Å². The smallest absolute Gasteiger partial charge is 0.290 e. The number of hydrogen-bond acceptors (Lipinski definition) is 6. The van der Waals surface area contributed by atoms with Gasteiger partial charge in [0.15, 0.2) is 11.5 Å². The highest BCUT2D eigenvalue weighted by atomic mass is 16.6. The van der Waals surface area contributed by atoms with Gasteiger partial charge in [-0.25, -0.2) is 0 Å². The Hall–Kier alpha value is -2.74. The van der Waals surface area contributed by atoms with Gasteiger partial charge in [0, 0.05) is 25.3 Å². The molecule has 0 aromatic heterocycles. The molecular weight excluding hydrogens is 328 g/mol. The molecule has 1 saturated heterocycles. The highest BCUT2D eigenvalue weighted by molar-refractivity contribution is 6.08. The predicted octanol–water partition coefficient (Wildman–Crippen LogP) is 2.06. The lowest BCUT2D eigenvalue weighted by molar-refractivity contribution is -0.384. The van der Waals surface area contributed by atoms with E-state index in [1.54, 1.807) is 0 Å². The predicted molar refractivity (Wildman–Crippen MR) is 86.9 cm³/mol. The van der Waals surface area contributed by atoms with Crippen LogP contribution in [0.25, 0.3) is 0 Å². The van der Waals surface area contributed by atoms with Crippen molar-refractivity contribution in [3.63, 3.8) is 0 Å². The van der Waals surface area contributed by atoms with Gasteiger partial charge in [-0.2, -0.15) is 0 Å². The molecule has 0 aliphatic carbocycles. The van der Waals surface area contributed by atoms with Crippen molar-refractivity contribution in [2.75, 3.05) is 13.2 Å². The molecule has 25 heavy (non-hydrogen) atoms. The highest BCUT2D eigenvalue weighted by Gasteiger charge is 2.43. The molecule has 1 amide bonds. The number of carbonyl (C=O) groups is 2. The summed E-state index contributed by atoms with van der Waals surface area (Å²) in [5, 5.41) is 21.0. The van der Waals surface area contributed by atoms with Crippen molar-refractivity contribution < 1.29 is 24.4 Å². The molecule has 1 aromatic rings. The Morgan fingerprint density at radius 2 is 2.08 bits per heavy atom. The van der Waals surface area contributed by atoms with Crippen LogP contribution in [-0.4, -0.2) is 45.9 Å². The fraction of sp³-hybridized carbons (Fsp3) is 0.412. The number of Topliss-reactive ketones (excluding diaryl/α,β-unsaturated/α-hetero) is 1. The maximum atomic E-state index is 12.5. The Kier molecular flexibility index (Phi) is 4.54. The van der Waals surface area contributed by atoms with Crippen LogP contribution >= 0.6 is 0 Å². The lowest BCUT2D eigenvalue weighted by atomic mass is 9.96. The van der Waals surface area contributed by atoms with Crippen LogP contribution in [0.2, 0.25) is 0 Å². The number of benzene rings is 1. The van der Waals surface area contributed by atoms with E-state index in [2.05, 4.69) is 0 Å². The fourth-order valence-corrected chi connectivity index (χ4v) is 3.33. The number of aliphatic hydroxyl groups excluding tert-OH is 1. The first-order valence-corrected chi connectivity index (χ1v) is 8.01. The molecule has 3 rings (SSSR count). The summed E-state index contributed by atoms with van der Waals surface area (Å²) in [5.74, 6) is -1.60. The number of non-ortho nitro benzene ring substituents is 1. The van der Waals surface area contributed by atoms with Crippen LogP contribution in [0.4, 0.5) is 5.69 Å². The minimum Gasteiger partial charge on any atom is -0.503 e. The molecule has 2 aliphatic rings. The molecule has 0 saturated carbocycles. The number of ketones is 1. The number of carbonyl (C=O) groups excluding carboxylic acids is 2. The van der Waals surface area contributed by atoms with Gasteiger partial charge in [0.1, 0.15) is 0 Å². The van der Waals surface area contributed by atoms with Gasteiger partial charge < -0.3 is 14.7 Å². The second-order valence-electron chi connectivity index (χ2n) is 6.16. The average molecular weight is 346 g/mol. The van der Waals surface area contributed by atoms with Crippen molar-refractivity contribution in [2.24, 2.45) is 0 Å². The van der Waals surface area contributed by atoms with Gasteiger partial charge >= 0.3 is 0 Å². The Balaban J connectivity index is 1.97. The van der Waals surface area contributed by atoms with E-state index in [0.717, 1.165) is 12.8 Å². The van der Waals surface area contributed by atoms with Crippen molar-refractivity contribution in [1.29, 1.82) is 0 Å². The first-order valence-electron chi connectivity index (χ1n) is 8.01. The summed E-state index contributed by atoms with van der Waals surface area (Å²) in [6.07, 6.45) is 1.55. The van der Waals surface area contributed by atoms with Crippen LogP contribution in [-0.2, 0) is 14.3 Å². The minimum atomic E-state index is -0.769. The normalized spacial score (nSPS) is 23.4. The molecular formula is C17H18N2O6. The van der Waals surface area contributed by atoms with E-state index >= 15 is 0 Å². The van der Waals surface area contributed by atoms with Gasteiger partial charge in [0.2, 0.25) is 0 Å². The number of nitrogens with zero attached hydrogens (tertiary/aromatic N) is 2. The average Bonchev–Trinajstić information content (AvgIpc) is 3.17. The zero-order chi connectivity index (χ0) is 18.1. The third kappa shape index (κ3) is 3.12. The van der Waals surface area contributed by atoms with E-state index in [-0.39, 0.29) is 23.9 Å². The SMILES string of the molecule is CC(=O)C1=C(O)C(=O)N(C[C@H]2CCCO2)[C@H]1c1ccc([N+](=O)[O-])cc1. The molecule has 1 aromatic carbocycles. The topological polar surface area (TPSA) is 110 Å². The molecule has 8 heteroatoms. The fourth-order valence-electron chi connectivity index (χ4n) is 3.33.